The lowest BCUT2D eigenvalue weighted by molar-refractivity contribution is 0.591. The van der Waals surface area contributed by atoms with Gasteiger partial charge in [-0.25, -0.2) is 4.39 Å². The van der Waals surface area contributed by atoms with Gasteiger partial charge in [0.2, 0.25) is 0 Å². The highest BCUT2D eigenvalue weighted by molar-refractivity contribution is 9.10. The zero-order chi connectivity index (χ0) is 15.2. The largest absolute Gasteiger partial charge is 0.316 e. The van der Waals surface area contributed by atoms with E-state index in [2.05, 4.69) is 40.3 Å². The molecule has 2 rings (SSSR count). The molecule has 2 aromatic carbocycles. The second kappa shape index (κ2) is 7.92. The Hall–Kier alpha value is -0.900. The Morgan fingerprint density at radius 3 is 2.52 bits per heavy atom. The Balaban J connectivity index is 2.21. The first-order valence-corrected chi connectivity index (χ1v) is 8.17. The summed E-state index contributed by atoms with van der Waals surface area (Å²) in [5, 5.41) is 4.13. The first kappa shape index (κ1) is 16.5. The molecular formula is C17H18BrClFN. The standard InChI is InChI=1S/C17H18BrClFN/c1-2-21-11-14(12-3-6-15(19)7-4-12)9-13-5-8-16(20)10-17(13)18/h3-8,10,14,21H,2,9,11H2,1H3. The molecule has 0 bridgehead atoms. The van der Waals surface area contributed by atoms with E-state index in [9.17, 15) is 4.39 Å². The van der Waals surface area contributed by atoms with Gasteiger partial charge in [-0.3, -0.25) is 0 Å². The van der Waals surface area contributed by atoms with Crippen molar-refractivity contribution >= 4 is 27.5 Å². The van der Waals surface area contributed by atoms with Crippen LogP contribution in [0.2, 0.25) is 5.02 Å². The average Bonchev–Trinajstić information content (AvgIpc) is 2.46. The third-order valence-electron chi connectivity index (χ3n) is 3.46. The predicted octanol–water partition coefficient (Wildman–Crippen LogP) is 5.18. The molecule has 0 aliphatic heterocycles. The molecule has 0 aromatic heterocycles. The summed E-state index contributed by atoms with van der Waals surface area (Å²) in [6, 6.07) is 12.8. The van der Waals surface area contributed by atoms with Crippen LogP contribution in [0, 0.1) is 5.82 Å². The summed E-state index contributed by atoms with van der Waals surface area (Å²) in [5.74, 6) is 0.101. The van der Waals surface area contributed by atoms with E-state index in [-0.39, 0.29) is 5.82 Å². The van der Waals surface area contributed by atoms with E-state index in [0.717, 1.165) is 34.6 Å². The first-order chi connectivity index (χ1) is 10.1. The van der Waals surface area contributed by atoms with E-state index in [1.165, 1.54) is 17.7 Å². The van der Waals surface area contributed by atoms with Crippen LogP contribution in [0.1, 0.15) is 24.0 Å². The van der Waals surface area contributed by atoms with Gasteiger partial charge >= 0.3 is 0 Å². The van der Waals surface area contributed by atoms with Crippen LogP contribution >= 0.6 is 27.5 Å². The second-order valence-electron chi connectivity index (χ2n) is 5.00. The zero-order valence-electron chi connectivity index (χ0n) is 11.9. The molecule has 0 fully saturated rings. The van der Waals surface area contributed by atoms with Gasteiger partial charge in [-0.05, 0) is 48.4 Å². The fourth-order valence-corrected chi connectivity index (χ4v) is 2.95. The minimum atomic E-state index is -0.222. The van der Waals surface area contributed by atoms with Gasteiger partial charge in [0.05, 0.1) is 0 Å². The van der Waals surface area contributed by atoms with Crippen LogP contribution in [0.15, 0.2) is 46.9 Å². The Bertz CT molecular complexity index is 586. The van der Waals surface area contributed by atoms with Crippen molar-refractivity contribution in [3.05, 3.63) is 68.9 Å². The average molecular weight is 371 g/mol. The number of hydrogen-bond donors (Lipinski definition) is 1. The summed E-state index contributed by atoms with van der Waals surface area (Å²) in [6.45, 7) is 3.89. The van der Waals surface area contributed by atoms with Crippen LogP contribution in [-0.2, 0) is 6.42 Å². The van der Waals surface area contributed by atoms with Crippen molar-refractivity contribution in [2.75, 3.05) is 13.1 Å². The summed E-state index contributed by atoms with van der Waals surface area (Å²) >= 11 is 9.41. The topological polar surface area (TPSA) is 12.0 Å². The van der Waals surface area contributed by atoms with Gasteiger partial charge in [0.1, 0.15) is 5.82 Å². The van der Waals surface area contributed by atoms with Crippen molar-refractivity contribution in [2.24, 2.45) is 0 Å². The van der Waals surface area contributed by atoms with Crippen molar-refractivity contribution < 1.29 is 4.39 Å². The van der Waals surface area contributed by atoms with Crippen LogP contribution in [0.3, 0.4) is 0 Å². The molecule has 1 atom stereocenters. The fourth-order valence-electron chi connectivity index (χ4n) is 2.31. The van der Waals surface area contributed by atoms with Gasteiger partial charge in [-0.15, -0.1) is 0 Å². The molecule has 1 nitrogen and oxygen atoms in total. The maximum atomic E-state index is 13.2. The lowest BCUT2D eigenvalue weighted by Gasteiger charge is -2.19. The molecule has 0 aliphatic carbocycles. The number of nitrogens with one attached hydrogen (secondary N) is 1. The predicted molar refractivity (Wildman–Crippen MR) is 90.5 cm³/mol. The second-order valence-corrected chi connectivity index (χ2v) is 6.29. The maximum absolute atomic E-state index is 13.2. The van der Waals surface area contributed by atoms with Crippen molar-refractivity contribution in [3.8, 4) is 0 Å². The molecule has 0 saturated heterocycles. The third-order valence-corrected chi connectivity index (χ3v) is 4.45. The van der Waals surface area contributed by atoms with Gasteiger partial charge in [-0.2, -0.15) is 0 Å². The Labute approximate surface area is 138 Å². The number of benzene rings is 2. The maximum Gasteiger partial charge on any atom is 0.124 e. The summed E-state index contributed by atoms with van der Waals surface area (Å²) in [6.07, 6.45) is 0.843. The molecular weight excluding hydrogens is 353 g/mol. The minimum absolute atomic E-state index is 0.222. The SMILES string of the molecule is CCNCC(Cc1ccc(F)cc1Br)c1ccc(Cl)cc1. The van der Waals surface area contributed by atoms with Crippen molar-refractivity contribution in [2.45, 2.75) is 19.3 Å². The van der Waals surface area contributed by atoms with Gasteiger partial charge in [-0.1, -0.05) is 52.7 Å². The number of rotatable bonds is 6. The van der Waals surface area contributed by atoms with E-state index in [0.29, 0.717) is 5.92 Å². The van der Waals surface area contributed by atoms with Crippen LogP contribution in [0.25, 0.3) is 0 Å². The first-order valence-electron chi connectivity index (χ1n) is 7.00. The van der Waals surface area contributed by atoms with Crippen LogP contribution < -0.4 is 5.32 Å². The van der Waals surface area contributed by atoms with Crippen molar-refractivity contribution in [3.63, 3.8) is 0 Å². The minimum Gasteiger partial charge on any atom is -0.316 e. The summed E-state index contributed by atoms with van der Waals surface area (Å²) < 4.78 is 14.0. The zero-order valence-corrected chi connectivity index (χ0v) is 14.2. The summed E-state index contributed by atoms with van der Waals surface area (Å²) in [7, 11) is 0. The summed E-state index contributed by atoms with van der Waals surface area (Å²) in [4.78, 5) is 0. The van der Waals surface area contributed by atoms with E-state index >= 15 is 0 Å². The highest BCUT2D eigenvalue weighted by atomic mass is 79.9. The molecule has 0 heterocycles. The fraction of sp³-hybridized carbons (Fsp3) is 0.294. The van der Waals surface area contributed by atoms with Crippen LogP contribution in [0.4, 0.5) is 4.39 Å². The normalized spacial score (nSPS) is 12.4. The van der Waals surface area contributed by atoms with Gasteiger partial charge in [0.15, 0.2) is 0 Å². The van der Waals surface area contributed by atoms with E-state index in [1.807, 2.05) is 18.2 Å². The molecule has 0 aliphatic rings. The molecule has 2 aromatic rings. The third kappa shape index (κ3) is 4.80. The molecule has 0 saturated carbocycles. The van der Waals surface area contributed by atoms with Gasteiger partial charge in [0, 0.05) is 22.0 Å². The highest BCUT2D eigenvalue weighted by Crippen LogP contribution is 2.26. The molecule has 0 radical (unpaired) electrons. The van der Waals surface area contributed by atoms with Crippen LogP contribution in [0.5, 0.6) is 0 Å². The lowest BCUT2D eigenvalue weighted by Crippen LogP contribution is -2.22. The molecule has 0 spiro atoms. The number of halogens is 3. The van der Waals surface area contributed by atoms with Gasteiger partial charge in [0.25, 0.3) is 0 Å². The number of likely N-dealkylation sites (N-methyl/N-ethyl adjacent to an activating group) is 1. The highest BCUT2D eigenvalue weighted by Gasteiger charge is 2.14. The molecule has 0 amide bonds. The smallest absolute Gasteiger partial charge is 0.124 e. The molecule has 1 unspecified atom stereocenters. The van der Waals surface area contributed by atoms with Crippen molar-refractivity contribution in [1.82, 2.24) is 5.32 Å². The van der Waals surface area contributed by atoms with Gasteiger partial charge < -0.3 is 5.32 Å². The Morgan fingerprint density at radius 2 is 1.90 bits per heavy atom. The lowest BCUT2D eigenvalue weighted by atomic mass is 9.92. The molecule has 112 valence electrons. The van der Waals surface area contributed by atoms with Crippen molar-refractivity contribution in [1.29, 1.82) is 0 Å². The summed E-state index contributed by atoms with van der Waals surface area (Å²) in [5.41, 5.74) is 2.34. The monoisotopic (exact) mass is 369 g/mol. The van der Waals surface area contributed by atoms with E-state index in [1.54, 1.807) is 0 Å². The van der Waals surface area contributed by atoms with E-state index < -0.39 is 0 Å². The Kier molecular flexibility index (Phi) is 6.22. The Morgan fingerprint density at radius 1 is 1.19 bits per heavy atom. The van der Waals surface area contributed by atoms with E-state index in [4.69, 9.17) is 11.6 Å². The molecule has 4 heteroatoms. The van der Waals surface area contributed by atoms with Crippen LogP contribution in [-0.4, -0.2) is 13.1 Å². The quantitative estimate of drug-likeness (QED) is 0.739. The molecule has 1 N–H and O–H groups in total. The molecule has 21 heavy (non-hydrogen) atoms. The number of hydrogen-bond acceptors (Lipinski definition) is 1.